The number of rotatable bonds is 5. The van der Waals surface area contributed by atoms with E-state index in [9.17, 15) is 13.2 Å². The molecule has 9 nitrogen and oxygen atoms in total. The van der Waals surface area contributed by atoms with Crippen LogP contribution in [0.3, 0.4) is 0 Å². The first-order valence-electron chi connectivity index (χ1n) is 9.06. The second-order valence-electron chi connectivity index (χ2n) is 6.77. The maximum Gasteiger partial charge on any atom is 0.345 e. The van der Waals surface area contributed by atoms with Gasteiger partial charge in [-0.05, 0) is 30.7 Å². The summed E-state index contributed by atoms with van der Waals surface area (Å²) >= 11 is 0. The first-order valence-corrected chi connectivity index (χ1v) is 10.5. The largest absolute Gasteiger partial charge is 0.463 e. The van der Waals surface area contributed by atoms with Crippen LogP contribution in [0.2, 0.25) is 0 Å². The van der Waals surface area contributed by atoms with Gasteiger partial charge in [0.15, 0.2) is 11.6 Å². The molecule has 4 rings (SSSR count). The molecule has 0 unspecified atom stereocenters. The molecule has 0 bridgehead atoms. The van der Waals surface area contributed by atoms with E-state index in [-0.39, 0.29) is 17.2 Å². The Hall–Kier alpha value is -3.66. The standard InChI is InChI=1S/C20H19N5O4S/c1-14-5-7-15(8-6-14)13-25-10-9-19(22-25)21-20(26)17-12-16(18-4-3-11-29-18)23-30(27,28)24(17)2/h3-12H,13H2,1-2H3,(H,21,22,26). The number of carbonyl (C=O) groups excluding carboxylic acids is 1. The highest BCUT2D eigenvalue weighted by atomic mass is 32.2. The molecule has 2 aromatic heterocycles. The summed E-state index contributed by atoms with van der Waals surface area (Å²) in [7, 11) is -2.79. The number of carbonyl (C=O) groups is 1. The number of allylic oxidation sites excluding steroid dienone is 1. The third-order valence-corrected chi connectivity index (χ3v) is 5.84. The molecule has 154 valence electrons. The van der Waals surface area contributed by atoms with Crippen LogP contribution < -0.4 is 5.32 Å². The average Bonchev–Trinajstić information content (AvgIpc) is 3.38. The molecule has 3 aromatic rings. The van der Waals surface area contributed by atoms with Crippen LogP contribution in [0, 0.1) is 6.92 Å². The van der Waals surface area contributed by atoms with Crippen LogP contribution in [0.4, 0.5) is 5.82 Å². The Morgan fingerprint density at radius 1 is 1.17 bits per heavy atom. The summed E-state index contributed by atoms with van der Waals surface area (Å²) in [6.45, 7) is 2.56. The number of furan rings is 1. The van der Waals surface area contributed by atoms with Crippen molar-refractivity contribution in [3.63, 3.8) is 0 Å². The Morgan fingerprint density at radius 3 is 2.63 bits per heavy atom. The number of aromatic nitrogens is 2. The second-order valence-corrected chi connectivity index (χ2v) is 8.39. The van der Waals surface area contributed by atoms with E-state index in [0.717, 1.165) is 9.87 Å². The van der Waals surface area contributed by atoms with Crippen LogP contribution in [0.25, 0.3) is 0 Å². The quantitative estimate of drug-likeness (QED) is 0.675. The van der Waals surface area contributed by atoms with Crippen molar-refractivity contribution in [2.45, 2.75) is 13.5 Å². The zero-order valence-corrected chi connectivity index (χ0v) is 17.1. The summed E-state index contributed by atoms with van der Waals surface area (Å²) in [4.78, 5) is 12.8. The van der Waals surface area contributed by atoms with Crippen LogP contribution in [0.1, 0.15) is 16.9 Å². The van der Waals surface area contributed by atoms with Crippen molar-refractivity contribution >= 4 is 27.6 Å². The van der Waals surface area contributed by atoms with E-state index in [1.807, 2.05) is 31.2 Å². The molecule has 10 heteroatoms. The number of hydrogen-bond donors (Lipinski definition) is 1. The number of nitrogens with one attached hydrogen (secondary N) is 1. The van der Waals surface area contributed by atoms with Crippen molar-refractivity contribution in [2.24, 2.45) is 4.40 Å². The molecular formula is C20H19N5O4S. The van der Waals surface area contributed by atoms with E-state index in [1.165, 1.54) is 25.0 Å². The highest BCUT2D eigenvalue weighted by Gasteiger charge is 2.31. The minimum absolute atomic E-state index is 0.0492. The SMILES string of the molecule is Cc1ccc(Cn2ccc(NC(=O)C3=CC(c4ccco4)=NS(=O)(=O)N3C)n2)cc1. The minimum atomic E-state index is -4.06. The third kappa shape index (κ3) is 4.03. The van der Waals surface area contributed by atoms with E-state index in [4.69, 9.17) is 4.42 Å². The van der Waals surface area contributed by atoms with Crippen molar-refractivity contribution in [1.82, 2.24) is 14.1 Å². The zero-order chi connectivity index (χ0) is 21.3. The summed E-state index contributed by atoms with van der Waals surface area (Å²) in [5.41, 5.74) is 2.20. The lowest BCUT2D eigenvalue weighted by Gasteiger charge is -2.22. The summed E-state index contributed by atoms with van der Waals surface area (Å²) in [6.07, 6.45) is 4.50. The number of amides is 1. The maximum atomic E-state index is 12.8. The molecule has 0 radical (unpaired) electrons. The normalized spacial score (nSPS) is 15.5. The fraction of sp³-hybridized carbons (Fsp3) is 0.150. The number of aryl methyl sites for hydroxylation is 1. The molecule has 1 N–H and O–H groups in total. The minimum Gasteiger partial charge on any atom is -0.463 e. The molecule has 0 aliphatic carbocycles. The lowest BCUT2D eigenvalue weighted by Crippen LogP contribution is -2.35. The molecule has 1 aliphatic heterocycles. The molecule has 1 aromatic carbocycles. The number of benzene rings is 1. The third-order valence-electron chi connectivity index (χ3n) is 4.53. The van der Waals surface area contributed by atoms with Crippen molar-refractivity contribution in [1.29, 1.82) is 0 Å². The van der Waals surface area contributed by atoms with E-state index >= 15 is 0 Å². The molecule has 0 atom stereocenters. The topological polar surface area (TPSA) is 110 Å². The van der Waals surface area contributed by atoms with Gasteiger partial charge in [0.1, 0.15) is 11.4 Å². The second kappa shape index (κ2) is 7.64. The molecule has 0 saturated heterocycles. The van der Waals surface area contributed by atoms with Gasteiger partial charge in [-0.2, -0.15) is 13.5 Å². The molecule has 1 amide bonds. The highest BCUT2D eigenvalue weighted by molar-refractivity contribution is 7.88. The Bertz CT molecular complexity index is 1240. The predicted molar refractivity (Wildman–Crippen MR) is 111 cm³/mol. The molecule has 30 heavy (non-hydrogen) atoms. The number of nitrogens with zero attached hydrogens (tertiary/aromatic N) is 4. The van der Waals surface area contributed by atoms with Gasteiger partial charge >= 0.3 is 10.2 Å². The van der Waals surface area contributed by atoms with Crippen LogP contribution in [-0.2, 0) is 21.5 Å². The van der Waals surface area contributed by atoms with E-state index in [1.54, 1.807) is 29.1 Å². The molecule has 0 fully saturated rings. The Morgan fingerprint density at radius 2 is 1.93 bits per heavy atom. The molecule has 1 aliphatic rings. The first-order chi connectivity index (χ1) is 14.3. The zero-order valence-electron chi connectivity index (χ0n) is 16.3. The van der Waals surface area contributed by atoms with E-state index in [2.05, 4.69) is 14.8 Å². The van der Waals surface area contributed by atoms with Crippen LogP contribution >= 0.6 is 0 Å². The summed E-state index contributed by atoms with van der Waals surface area (Å²) in [6, 6.07) is 12.9. The van der Waals surface area contributed by atoms with Crippen molar-refractivity contribution in [3.05, 3.63) is 83.6 Å². The van der Waals surface area contributed by atoms with E-state index < -0.39 is 16.1 Å². The van der Waals surface area contributed by atoms with Gasteiger partial charge in [0.05, 0.1) is 12.8 Å². The van der Waals surface area contributed by atoms with Crippen molar-refractivity contribution in [2.75, 3.05) is 12.4 Å². The van der Waals surface area contributed by atoms with Gasteiger partial charge in [0.2, 0.25) is 0 Å². The number of hydrogen-bond acceptors (Lipinski definition) is 5. The van der Waals surface area contributed by atoms with Crippen molar-refractivity contribution in [3.8, 4) is 0 Å². The van der Waals surface area contributed by atoms with Gasteiger partial charge in [-0.3, -0.25) is 9.48 Å². The van der Waals surface area contributed by atoms with Crippen molar-refractivity contribution < 1.29 is 17.6 Å². The fourth-order valence-corrected chi connectivity index (χ4v) is 3.78. The Labute approximate surface area is 173 Å². The molecular weight excluding hydrogens is 406 g/mol. The average molecular weight is 425 g/mol. The smallest absolute Gasteiger partial charge is 0.345 e. The predicted octanol–water partition coefficient (Wildman–Crippen LogP) is 2.33. The number of likely N-dealkylation sites (N-methyl/N-ethyl adjacent to an activating group) is 1. The Balaban J connectivity index is 1.52. The van der Waals surface area contributed by atoms with Gasteiger partial charge in [-0.15, -0.1) is 4.40 Å². The number of anilines is 1. The van der Waals surface area contributed by atoms with E-state index in [0.29, 0.717) is 12.4 Å². The summed E-state index contributed by atoms with van der Waals surface area (Å²) < 4.78 is 36.1. The lowest BCUT2D eigenvalue weighted by atomic mass is 10.1. The summed E-state index contributed by atoms with van der Waals surface area (Å²) in [5, 5.41) is 6.96. The Kier molecular flexibility index (Phi) is 5.00. The van der Waals surface area contributed by atoms with Gasteiger partial charge in [-0.1, -0.05) is 29.8 Å². The van der Waals surface area contributed by atoms with Gasteiger partial charge < -0.3 is 9.73 Å². The lowest BCUT2D eigenvalue weighted by molar-refractivity contribution is -0.113. The fourth-order valence-electron chi connectivity index (χ4n) is 2.88. The maximum absolute atomic E-state index is 12.8. The van der Waals surface area contributed by atoms with Crippen LogP contribution in [0.15, 0.2) is 75.5 Å². The van der Waals surface area contributed by atoms with Gasteiger partial charge in [0.25, 0.3) is 5.91 Å². The molecule has 0 spiro atoms. The van der Waals surface area contributed by atoms with Gasteiger partial charge in [0, 0.05) is 19.3 Å². The van der Waals surface area contributed by atoms with Gasteiger partial charge in [-0.25, -0.2) is 4.31 Å². The first kappa shape index (κ1) is 19.6. The monoisotopic (exact) mass is 425 g/mol. The highest BCUT2D eigenvalue weighted by Crippen LogP contribution is 2.21. The van der Waals surface area contributed by atoms with Crippen LogP contribution in [-0.4, -0.2) is 41.2 Å². The molecule has 3 heterocycles. The molecule has 0 saturated carbocycles. The summed E-state index contributed by atoms with van der Waals surface area (Å²) in [5.74, 6) is -0.0687. The van der Waals surface area contributed by atoms with Crippen LogP contribution in [0.5, 0.6) is 0 Å².